The van der Waals surface area contributed by atoms with Gasteiger partial charge in [-0.05, 0) is 24.1 Å². The van der Waals surface area contributed by atoms with Crippen LogP contribution >= 0.6 is 0 Å². The number of benzene rings is 1. The molecule has 1 aliphatic heterocycles. The van der Waals surface area contributed by atoms with Gasteiger partial charge in [-0.15, -0.1) is 0 Å². The van der Waals surface area contributed by atoms with E-state index in [1.54, 1.807) is 0 Å². The summed E-state index contributed by atoms with van der Waals surface area (Å²) in [7, 11) is 0. The van der Waals surface area contributed by atoms with Gasteiger partial charge in [0.05, 0.1) is 5.52 Å². The minimum Gasteiger partial charge on any atom is -0.257 e. The summed E-state index contributed by atoms with van der Waals surface area (Å²) in [6.07, 6.45) is 2.97. The van der Waals surface area contributed by atoms with Crippen LogP contribution < -0.4 is 10.9 Å². The maximum atomic E-state index is 4.37. The van der Waals surface area contributed by atoms with Crippen LogP contribution in [0.5, 0.6) is 0 Å². The van der Waals surface area contributed by atoms with Crippen molar-refractivity contribution in [2.75, 3.05) is 6.54 Å². The minimum atomic E-state index is 0.415. The van der Waals surface area contributed by atoms with Crippen LogP contribution in [0.25, 0.3) is 10.9 Å². The fraction of sp³-hybridized carbons (Fsp3) is 0.250. The number of aromatic nitrogens is 1. The van der Waals surface area contributed by atoms with Crippen LogP contribution in [-0.4, -0.2) is 11.5 Å². The molecule has 2 heterocycles. The summed E-state index contributed by atoms with van der Waals surface area (Å²) in [4.78, 5) is 4.37. The molecule has 1 atom stereocenters. The van der Waals surface area contributed by atoms with E-state index in [0.29, 0.717) is 6.04 Å². The van der Waals surface area contributed by atoms with Crippen LogP contribution in [0.1, 0.15) is 18.0 Å². The molecule has 1 aromatic heterocycles. The molecule has 3 heteroatoms. The summed E-state index contributed by atoms with van der Waals surface area (Å²) < 4.78 is 0. The van der Waals surface area contributed by atoms with Gasteiger partial charge in [-0.3, -0.25) is 15.8 Å². The van der Waals surface area contributed by atoms with E-state index in [2.05, 4.69) is 40.1 Å². The summed E-state index contributed by atoms with van der Waals surface area (Å²) in [5.74, 6) is 0. The van der Waals surface area contributed by atoms with Crippen LogP contribution in [0.15, 0.2) is 36.5 Å². The second-order valence-electron chi connectivity index (χ2n) is 3.83. The molecule has 1 unspecified atom stereocenters. The van der Waals surface area contributed by atoms with Crippen LogP contribution in [0.3, 0.4) is 0 Å². The second kappa shape index (κ2) is 3.61. The summed E-state index contributed by atoms with van der Waals surface area (Å²) in [6, 6.07) is 10.9. The first-order chi connectivity index (χ1) is 7.45. The molecule has 76 valence electrons. The highest BCUT2D eigenvalue weighted by molar-refractivity contribution is 5.82. The molecule has 0 radical (unpaired) electrons. The van der Waals surface area contributed by atoms with Crippen LogP contribution in [-0.2, 0) is 0 Å². The third-order valence-electron chi connectivity index (χ3n) is 2.89. The number of nitrogens with one attached hydrogen (secondary N) is 2. The van der Waals surface area contributed by atoms with E-state index >= 15 is 0 Å². The lowest BCUT2D eigenvalue weighted by Gasteiger charge is -2.12. The first kappa shape index (κ1) is 8.83. The van der Waals surface area contributed by atoms with Crippen molar-refractivity contribution >= 4 is 10.9 Å². The van der Waals surface area contributed by atoms with E-state index < -0.39 is 0 Å². The predicted octanol–water partition coefficient (Wildman–Crippen LogP) is 1.77. The van der Waals surface area contributed by atoms with Crippen molar-refractivity contribution in [2.45, 2.75) is 12.5 Å². The predicted molar refractivity (Wildman–Crippen MR) is 60.2 cm³/mol. The number of hydrogen-bond acceptors (Lipinski definition) is 3. The lowest BCUT2D eigenvalue weighted by atomic mass is 10.0. The lowest BCUT2D eigenvalue weighted by Crippen LogP contribution is -2.24. The highest BCUT2D eigenvalue weighted by Crippen LogP contribution is 2.25. The fourth-order valence-corrected chi connectivity index (χ4v) is 2.15. The van der Waals surface area contributed by atoms with Crippen LogP contribution in [0, 0.1) is 0 Å². The maximum Gasteiger partial charge on any atom is 0.0705 e. The van der Waals surface area contributed by atoms with Crippen molar-refractivity contribution in [3.63, 3.8) is 0 Å². The van der Waals surface area contributed by atoms with Crippen molar-refractivity contribution in [1.29, 1.82) is 0 Å². The number of rotatable bonds is 1. The standard InChI is InChI=1S/C12H13N3/c1-3-10(12-6-8-14-15-12)9-4-2-7-13-11(9)5-1/h1-5,7,12,14-15H,6,8H2. The van der Waals surface area contributed by atoms with Crippen molar-refractivity contribution in [3.05, 3.63) is 42.1 Å². The Morgan fingerprint density at radius 1 is 1.20 bits per heavy atom. The monoisotopic (exact) mass is 199 g/mol. The van der Waals surface area contributed by atoms with Gasteiger partial charge in [0.15, 0.2) is 0 Å². The molecule has 0 amide bonds. The van der Waals surface area contributed by atoms with Crippen molar-refractivity contribution in [3.8, 4) is 0 Å². The van der Waals surface area contributed by atoms with E-state index in [4.69, 9.17) is 0 Å². The Bertz CT molecular complexity index is 470. The third-order valence-corrected chi connectivity index (χ3v) is 2.89. The molecule has 1 aliphatic rings. The smallest absolute Gasteiger partial charge is 0.0705 e. The topological polar surface area (TPSA) is 37.0 Å². The molecule has 1 fully saturated rings. The van der Waals surface area contributed by atoms with Gasteiger partial charge in [-0.25, -0.2) is 0 Å². The number of nitrogens with zero attached hydrogens (tertiary/aromatic N) is 1. The van der Waals surface area contributed by atoms with Crippen LogP contribution in [0.2, 0.25) is 0 Å². The van der Waals surface area contributed by atoms with E-state index in [-0.39, 0.29) is 0 Å². The van der Waals surface area contributed by atoms with E-state index in [0.717, 1.165) is 18.5 Å². The zero-order valence-electron chi connectivity index (χ0n) is 8.40. The largest absolute Gasteiger partial charge is 0.257 e. The van der Waals surface area contributed by atoms with Gasteiger partial charge in [0.25, 0.3) is 0 Å². The number of pyridine rings is 1. The van der Waals surface area contributed by atoms with Gasteiger partial charge in [0.1, 0.15) is 0 Å². The Hall–Kier alpha value is -1.45. The molecular weight excluding hydrogens is 186 g/mol. The van der Waals surface area contributed by atoms with E-state index in [9.17, 15) is 0 Å². The molecular formula is C12H13N3. The molecule has 2 aromatic rings. The summed E-state index contributed by atoms with van der Waals surface area (Å²) in [5.41, 5.74) is 8.86. The van der Waals surface area contributed by atoms with Crippen molar-refractivity contribution in [2.24, 2.45) is 0 Å². The van der Waals surface area contributed by atoms with Gasteiger partial charge in [0.2, 0.25) is 0 Å². The SMILES string of the molecule is c1cc(C2CCNN2)c2cccnc2c1. The molecule has 0 aliphatic carbocycles. The summed E-state index contributed by atoms with van der Waals surface area (Å²) in [6.45, 7) is 1.03. The molecule has 0 spiro atoms. The van der Waals surface area contributed by atoms with Gasteiger partial charge in [0, 0.05) is 24.2 Å². The Kier molecular flexibility index (Phi) is 2.12. The van der Waals surface area contributed by atoms with E-state index in [1.165, 1.54) is 10.9 Å². The zero-order valence-corrected chi connectivity index (χ0v) is 8.40. The molecule has 3 nitrogen and oxygen atoms in total. The van der Waals surface area contributed by atoms with Gasteiger partial charge < -0.3 is 0 Å². The van der Waals surface area contributed by atoms with Gasteiger partial charge in [-0.1, -0.05) is 18.2 Å². The molecule has 15 heavy (non-hydrogen) atoms. The van der Waals surface area contributed by atoms with Gasteiger partial charge >= 0.3 is 0 Å². The summed E-state index contributed by atoms with van der Waals surface area (Å²) >= 11 is 0. The van der Waals surface area contributed by atoms with Crippen molar-refractivity contribution in [1.82, 2.24) is 15.8 Å². The number of fused-ring (bicyclic) bond motifs is 1. The average Bonchev–Trinajstić information content (AvgIpc) is 2.82. The highest BCUT2D eigenvalue weighted by atomic mass is 15.4. The Morgan fingerprint density at radius 2 is 2.20 bits per heavy atom. The lowest BCUT2D eigenvalue weighted by molar-refractivity contribution is 0.584. The minimum absolute atomic E-state index is 0.415. The molecule has 1 saturated heterocycles. The molecule has 0 saturated carbocycles. The van der Waals surface area contributed by atoms with Crippen molar-refractivity contribution < 1.29 is 0 Å². The quantitative estimate of drug-likeness (QED) is 0.735. The van der Waals surface area contributed by atoms with Gasteiger partial charge in [-0.2, -0.15) is 0 Å². The highest BCUT2D eigenvalue weighted by Gasteiger charge is 2.17. The first-order valence-electron chi connectivity index (χ1n) is 5.27. The maximum absolute atomic E-state index is 4.37. The summed E-state index contributed by atoms with van der Waals surface area (Å²) in [5, 5.41) is 1.25. The Labute approximate surface area is 88.5 Å². The Morgan fingerprint density at radius 3 is 3.07 bits per heavy atom. The molecule has 2 N–H and O–H groups in total. The third kappa shape index (κ3) is 1.50. The molecule has 3 rings (SSSR count). The van der Waals surface area contributed by atoms with Crippen LogP contribution in [0.4, 0.5) is 0 Å². The first-order valence-corrected chi connectivity index (χ1v) is 5.27. The average molecular weight is 199 g/mol. The zero-order chi connectivity index (χ0) is 10.1. The number of hydrazine groups is 1. The Balaban J connectivity index is 2.16. The van der Waals surface area contributed by atoms with E-state index in [1.807, 2.05) is 12.3 Å². The molecule has 1 aromatic carbocycles. The second-order valence-corrected chi connectivity index (χ2v) is 3.83. The fourth-order valence-electron chi connectivity index (χ4n) is 2.15. The number of hydrogen-bond donors (Lipinski definition) is 2. The normalized spacial score (nSPS) is 20.9. The molecule has 0 bridgehead atoms.